The van der Waals surface area contributed by atoms with Crippen molar-refractivity contribution in [2.24, 2.45) is 5.41 Å². The van der Waals surface area contributed by atoms with Gasteiger partial charge in [0, 0.05) is 13.1 Å². The summed E-state index contributed by atoms with van der Waals surface area (Å²) in [5, 5.41) is 19.8. The zero-order valence-electron chi connectivity index (χ0n) is 14.0. The lowest BCUT2D eigenvalue weighted by atomic mass is 9.81. The zero-order valence-corrected chi connectivity index (χ0v) is 14.0. The van der Waals surface area contributed by atoms with Crippen LogP contribution in [0, 0.1) is 16.7 Å². The number of piperidine rings is 1. The van der Waals surface area contributed by atoms with Crippen LogP contribution in [0.25, 0.3) is 0 Å². The quantitative estimate of drug-likeness (QED) is 0.754. The number of carbonyl (C=O) groups is 3. The molecule has 1 unspecified atom stereocenters. The number of benzene rings is 1. The van der Waals surface area contributed by atoms with Gasteiger partial charge in [0.25, 0.3) is 11.8 Å². The molecular formula is C17H16F3N3O4. The predicted molar refractivity (Wildman–Crippen MR) is 85.6 cm³/mol. The Morgan fingerprint density at radius 1 is 1.26 bits per heavy atom. The first-order chi connectivity index (χ1) is 12.6. The number of carboxylic acid groups (broad SMARTS) is 1. The molecule has 7 nitrogen and oxygen atoms in total. The van der Waals surface area contributed by atoms with Gasteiger partial charge in [0.05, 0.1) is 22.6 Å². The van der Waals surface area contributed by atoms with Crippen LogP contribution in [0.15, 0.2) is 24.3 Å². The number of aliphatic carboxylic acids is 1. The summed E-state index contributed by atoms with van der Waals surface area (Å²) in [4.78, 5) is 34.7. The Morgan fingerprint density at radius 2 is 1.78 bits per heavy atom. The van der Waals surface area contributed by atoms with Crippen LogP contribution in [-0.4, -0.2) is 53.6 Å². The van der Waals surface area contributed by atoms with Crippen molar-refractivity contribution in [2.75, 3.05) is 19.6 Å². The van der Waals surface area contributed by atoms with Crippen molar-refractivity contribution in [3.8, 4) is 6.07 Å². The number of nitrogens with one attached hydrogen (secondary N) is 1. The minimum atomic E-state index is -5.08. The predicted octanol–water partition coefficient (Wildman–Crippen LogP) is 1.81. The van der Waals surface area contributed by atoms with Crippen molar-refractivity contribution in [1.29, 1.82) is 5.26 Å². The first-order valence-electron chi connectivity index (χ1n) is 7.99. The van der Waals surface area contributed by atoms with Crippen LogP contribution in [0.3, 0.4) is 0 Å². The van der Waals surface area contributed by atoms with Crippen LogP contribution >= 0.6 is 0 Å². The van der Waals surface area contributed by atoms with Gasteiger partial charge in [-0.15, -0.1) is 0 Å². The highest BCUT2D eigenvalue weighted by molar-refractivity contribution is 6.21. The molecule has 0 aliphatic carbocycles. The Bertz CT molecular complexity index is 760. The number of halogens is 3. The van der Waals surface area contributed by atoms with Gasteiger partial charge in [-0.2, -0.15) is 18.4 Å². The van der Waals surface area contributed by atoms with Crippen molar-refractivity contribution < 1.29 is 32.7 Å². The molecule has 1 aromatic carbocycles. The fraction of sp³-hybridized carbons (Fsp3) is 0.412. The fourth-order valence-corrected chi connectivity index (χ4v) is 2.92. The molecule has 2 N–H and O–H groups in total. The molecule has 1 atom stereocenters. The molecule has 0 radical (unpaired) electrons. The molecule has 1 fully saturated rings. The van der Waals surface area contributed by atoms with E-state index in [9.17, 15) is 28.0 Å². The maximum Gasteiger partial charge on any atom is 0.490 e. The smallest absolute Gasteiger partial charge is 0.475 e. The number of imide groups is 1. The van der Waals surface area contributed by atoms with Gasteiger partial charge >= 0.3 is 12.1 Å². The normalized spacial score (nSPS) is 21.8. The van der Waals surface area contributed by atoms with Crippen LogP contribution in [0.5, 0.6) is 0 Å². The van der Waals surface area contributed by atoms with E-state index in [4.69, 9.17) is 9.90 Å². The van der Waals surface area contributed by atoms with Gasteiger partial charge in [-0.1, -0.05) is 12.1 Å². The van der Waals surface area contributed by atoms with Gasteiger partial charge in [-0.05, 0) is 31.5 Å². The van der Waals surface area contributed by atoms with Gasteiger partial charge in [0.1, 0.15) is 0 Å². The lowest BCUT2D eigenvalue weighted by Gasteiger charge is -2.33. The number of nitrogens with zero attached hydrogens (tertiary/aromatic N) is 2. The first-order valence-corrected chi connectivity index (χ1v) is 7.99. The minimum Gasteiger partial charge on any atom is -0.475 e. The molecule has 0 aromatic heterocycles. The standard InChI is InChI=1S/C15H15N3O2.C2HF3O2/c16-8-15(6-3-7-17-9-15)10-18-13(19)11-4-1-2-5-12(11)14(18)20;3-2(4,5)1(6)7/h1-2,4-5,17H,3,6-7,9-10H2;(H,6,7). The van der Waals surface area contributed by atoms with E-state index in [0.717, 1.165) is 13.0 Å². The first kappa shape index (κ1) is 20.4. The third kappa shape index (κ3) is 4.43. The molecule has 0 saturated carbocycles. The third-order valence-corrected chi connectivity index (χ3v) is 4.29. The molecule has 2 aliphatic rings. The van der Waals surface area contributed by atoms with Gasteiger partial charge < -0.3 is 10.4 Å². The topological polar surface area (TPSA) is 111 Å². The SMILES string of the molecule is N#CC1(CN2C(=O)c3ccccc3C2=O)CCCNC1.O=C(O)C(F)(F)F. The molecule has 0 bridgehead atoms. The highest BCUT2D eigenvalue weighted by atomic mass is 19.4. The second kappa shape index (κ2) is 7.75. The molecular weight excluding hydrogens is 367 g/mol. The summed E-state index contributed by atoms with van der Waals surface area (Å²) in [5.41, 5.74) is 0.217. The largest absolute Gasteiger partial charge is 0.490 e. The number of nitriles is 1. The molecule has 2 heterocycles. The minimum absolute atomic E-state index is 0.169. The van der Waals surface area contributed by atoms with E-state index in [1.807, 2.05) is 0 Å². The second-order valence-corrected chi connectivity index (χ2v) is 6.22. The Hall–Kier alpha value is -2.93. The average molecular weight is 383 g/mol. The molecule has 0 spiro atoms. The third-order valence-electron chi connectivity index (χ3n) is 4.29. The molecule has 144 valence electrons. The van der Waals surface area contributed by atoms with Crippen LogP contribution in [-0.2, 0) is 4.79 Å². The van der Waals surface area contributed by atoms with Crippen LogP contribution in [0.1, 0.15) is 33.6 Å². The monoisotopic (exact) mass is 383 g/mol. The van der Waals surface area contributed by atoms with E-state index in [1.165, 1.54) is 4.90 Å². The Morgan fingerprint density at radius 3 is 2.15 bits per heavy atom. The van der Waals surface area contributed by atoms with Gasteiger partial charge in [0.15, 0.2) is 0 Å². The molecule has 1 aromatic rings. The van der Waals surface area contributed by atoms with Crippen molar-refractivity contribution >= 4 is 17.8 Å². The highest BCUT2D eigenvalue weighted by Crippen LogP contribution is 2.31. The summed E-state index contributed by atoms with van der Waals surface area (Å²) in [6.07, 6.45) is -3.49. The average Bonchev–Trinajstić information content (AvgIpc) is 2.87. The fourth-order valence-electron chi connectivity index (χ4n) is 2.92. The number of carbonyl (C=O) groups excluding carboxylic acids is 2. The summed E-state index contributed by atoms with van der Waals surface area (Å²) in [6, 6.07) is 9.12. The Balaban J connectivity index is 0.000000321. The molecule has 1 saturated heterocycles. The van der Waals surface area contributed by atoms with E-state index in [2.05, 4.69) is 11.4 Å². The van der Waals surface area contributed by atoms with Crippen LogP contribution in [0.2, 0.25) is 0 Å². The summed E-state index contributed by atoms with van der Waals surface area (Å²) in [5.74, 6) is -3.33. The number of amides is 2. The van der Waals surface area contributed by atoms with Gasteiger partial charge in [-0.25, -0.2) is 4.79 Å². The van der Waals surface area contributed by atoms with E-state index < -0.39 is 17.6 Å². The number of hydrogen-bond acceptors (Lipinski definition) is 5. The summed E-state index contributed by atoms with van der Waals surface area (Å²) < 4.78 is 31.7. The summed E-state index contributed by atoms with van der Waals surface area (Å²) in [7, 11) is 0. The van der Waals surface area contributed by atoms with Crippen LogP contribution < -0.4 is 5.32 Å². The summed E-state index contributed by atoms with van der Waals surface area (Å²) in [6.45, 7) is 1.57. The van der Waals surface area contributed by atoms with Crippen molar-refractivity contribution in [2.45, 2.75) is 19.0 Å². The lowest BCUT2D eigenvalue weighted by molar-refractivity contribution is -0.192. The Kier molecular flexibility index (Phi) is 5.85. The molecule has 2 aliphatic heterocycles. The molecule has 3 rings (SSSR count). The van der Waals surface area contributed by atoms with E-state index in [1.54, 1.807) is 24.3 Å². The highest BCUT2D eigenvalue weighted by Gasteiger charge is 2.42. The number of fused-ring (bicyclic) bond motifs is 1. The van der Waals surface area contributed by atoms with E-state index >= 15 is 0 Å². The maximum atomic E-state index is 12.3. The van der Waals surface area contributed by atoms with E-state index in [0.29, 0.717) is 24.1 Å². The molecule has 2 amide bonds. The van der Waals surface area contributed by atoms with Crippen LogP contribution in [0.4, 0.5) is 13.2 Å². The second-order valence-electron chi connectivity index (χ2n) is 6.22. The molecule has 27 heavy (non-hydrogen) atoms. The number of hydrogen-bond donors (Lipinski definition) is 2. The lowest BCUT2D eigenvalue weighted by Crippen LogP contribution is -2.48. The Labute approximate surface area is 152 Å². The zero-order chi connectivity index (χ0) is 20.2. The maximum absolute atomic E-state index is 12.3. The summed E-state index contributed by atoms with van der Waals surface area (Å²) >= 11 is 0. The van der Waals surface area contributed by atoms with Crippen molar-refractivity contribution in [1.82, 2.24) is 10.2 Å². The van der Waals surface area contributed by atoms with E-state index in [-0.39, 0.29) is 18.4 Å². The van der Waals surface area contributed by atoms with Crippen molar-refractivity contribution in [3.63, 3.8) is 0 Å². The van der Waals surface area contributed by atoms with Gasteiger partial charge in [0.2, 0.25) is 0 Å². The molecule has 10 heteroatoms. The van der Waals surface area contributed by atoms with Gasteiger partial charge in [-0.3, -0.25) is 14.5 Å². The number of carboxylic acids is 1. The number of rotatable bonds is 2. The number of alkyl halides is 3. The van der Waals surface area contributed by atoms with Crippen molar-refractivity contribution in [3.05, 3.63) is 35.4 Å².